The molecule has 0 aliphatic carbocycles. The molecule has 0 spiro atoms. The zero-order chi connectivity index (χ0) is 22.1. The summed E-state index contributed by atoms with van der Waals surface area (Å²) in [7, 11) is 0. The van der Waals surface area contributed by atoms with Crippen molar-refractivity contribution in [3.63, 3.8) is 0 Å². The molecule has 0 bridgehead atoms. The summed E-state index contributed by atoms with van der Waals surface area (Å²) in [5.74, 6) is -1.67. The number of ketones is 1. The van der Waals surface area contributed by atoms with Crippen molar-refractivity contribution >= 4 is 28.3 Å². The molecule has 5 nitrogen and oxygen atoms in total. The van der Waals surface area contributed by atoms with E-state index in [1.54, 1.807) is 12.3 Å². The Morgan fingerprint density at radius 2 is 1.97 bits per heavy atom. The quantitative estimate of drug-likeness (QED) is 0.456. The average Bonchev–Trinajstić information content (AvgIpc) is 3.19. The van der Waals surface area contributed by atoms with Crippen molar-refractivity contribution in [3.8, 4) is 5.75 Å². The number of aromatic nitrogens is 2. The van der Waals surface area contributed by atoms with Crippen molar-refractivity contribution in [3.05, 3.63) is 99.1 Å². The van der Waals surface area contributed by atoms with Crippen LogP contribution in [0.15, 0.2) is 65.7 Å². The first-order valence-corrected chi connectivity index (χ1v) is 9.78. The summed E-state index contributed by atoms with van der Waals surface area (Å²) in [4.78, 5) is 28.4. The maximum absolute atomic E-state index is 13.8. The number of carbonyl (C=O) groups excluding carboxylic acids is 1. The lowest BCUT2D eigenvalue weighted by atomic mass is 10.0. The largest absolute Gasteiger partial charge is 0.487 e. The van der Waals surface area contributed by atoms with Crippen LogP contribution in [-0.2, 0) is 11.4 Å². The molecule has 158 valence electrons. The van der Waals surface area contributed by atoms with Gasteiger partial charge in [-0.05, 0) is 54.3 Å². The maximum Gasteiger partial charge on any atom is 0.274 e. The van der Waals surface area contributed by atoms with Gasteiger partial charge in [0.2, 0.25) is 0 Å². The van der Waals surface area contributed by atoms with Gasteiger partial charge in [-0.15, -0.1) is 0 Å². The first-order chi connectivity index (χ1) is 14.8. The van der Waals surface area contributed by atoms with Gasteiger partial charge >= 0.3 is 0 Å². The van der Waals surface area contributed by atoms with Crippen LogP contribution >= 0.6 is 11.6 Å². The number of hydrogen-bond donors (Lipinski definition) is 1. The number of H-pyrrole nitrogens is 1. The van der Waals surface area contributed by atoms with Crippen LogP contribution in [0.4, 0.5) is 8.78 Å². The van der Waals surface area contributed by atoms with E-state index in [-0.39, 0.29) is 28.7 Å². The molecule has 8 heteroatoms. The number of Topliss-reactive ketones (excluding diaryl/α,β-unsaturated/α-hetero) is 1. The Kier molecular flexibility index (Phi) is 5.61. The molecule has 0 aliphatic rings. The summed E-state index contributed by atoms with van der Waals surface area (Å²) in [5, 5.41) is 0.670. The van der Waals surface area contributed by atoms with Crippen LogP contribution in [0.25, 0.3) is 10.9 Å². The maximum atomic E-state index is 13.8. The lowest BCUT2D eigenvalue weighted by Gasteiger charge is -2.19. The van der Waals surface area contributed by atoms with E-state index in [9.17, 15) is 18.4 Å². The summed E-state index contributed by atoms with van der Waals surface area (Å²) in [6.45, 7) is 1.16. The lowest BCUT2D eigenvalue weighted by Crippen LogP contribution is -2.29. The summed E-state index contributed by atoms with van der Waals surface area (Å²) in [5.41, 5.74) is 1.05. The van der Waals surface area contributed by atoms with Crippen molar-refractivity contribution in [1.29, 1.82) is 0 Å². The van der Waals surface area contributed by atoms with Gasteiger partial charge in [0.15, 0.2) is 5.78 Å². The van der Waals surface area contributed by atoms with Crippen LogP contribution in [0, 0.1) is 11.6 Å². The Hall–Kier alpha value is -3.45. The van der Waals surface area contributed by atoms with Gasteiger partial charge < -0.3 is 9.72 Å². The summed E-state index contributed by atoms with van der Waals surface area (Å²) in [6, 6.07) is 11.0. The van der Waals surface area contributed by atoms with Crippen molar-refractivity contribution in [2.24, 2.45) is 0 Å². The molecule has 0 aliphatic heterocycles. The molecule has 1 atom stereocenters. The highest BCUT2D eigenvalue weighted by atomic mass is 35.5. The minimum absolute atomic E-state index is 0.0371. The molecule has 2 aromatic carbocycles. The van der Waals surface area contributed by atoms with E-state index < -0.39 is 23.2 Å². The van der Waals surface area contributed by atoms with Gasteiger partial charge in [-0.1, -0.05) is 17.7 Å². The van der Waals surface area contributed by atoms with Gasteiger partial charge in [0.05, 0.1) is 0 Å². The fraction of sp³-hybridized carbons (Fsp3) is 0.130. The number of nitrogens with zero attached hydrogens (tertiary/aromatic N) is 1. The molecule has 1 N–H and O–H groups in total. The van der Waals surface area contributed by atoms with Crippen LogP contribution < -0.4 is 10.3 Å². The van der Waals surface area contributed by atoms with E-state index in [0.29, 0.717) is 5.56 Å². The Morgan fingerprint density at radius 1 is 1.16 bits per heavy atom. The standard InChI is InChI=1S/C23H17ClF2N2O3/c1-13(29)22(15-3-5-19-14(10-15)6-8-27-19)28-9-7-20(21(24)23(28)30)31-12-16-2-4-17(25)11-18(16)26/h2-11,22,27H,12H2,1H3. The van der Waals surface area contributed by atoms with Gasteiger partial charge in [-0.2, -0.15) is 0 Å². The third kappa shape index (κ3) is 4.09. The van der Waals surface area contributed by atoms with E-state index in [0.717, 1.165) is 23.0 Å². The van der Waals surface area contributed by atoms with Gasteiger partial charge in [0, 0.05) is 29.5 Å². The molecule has 4 rings (SSSR count). The highest BCUT2D eigenvalue weighted by molar-refractivity contribution is 6.31. The molecule has 4 aromatic rings. The number of ether oxygens (including phenoxy) is 1. The fourth-order valence-electron chi connectivity index (χ4n) is 3.45. The molecule has 0 radical (unpaired) electrons. The average molecular weight is 443 g/mol. The van der Waals surface area contributed by atoms with Crippen LogP contribution in [0.3, 0.4) is 0 Å². The molecule has 0 saturated carbocycles. The number of carbonyl (C=O) groups is 1. The number of pyridine rings is 1. The van der Waals surface area contributed by atoms with Gasteiger partial charge in [-0.25, -0.2) is 8.78 Å². The topological polar surface area (TPSA) is 64.1 Å². The normalized spacial score (nSPS) is 12.1. The van der Waals surface area contributed by atoms with Gasteiger partial charge in [0.25, 0.3) is 5.56 Å². The molecule has 0 fully saturated rings. The van der Waals surface area contributed by atoms with Crippen molar-refractivity contribution in [1.82, 2.24) is 9.55 Å². The molecular weight excluding hydrogens is 426 g/mol. The Morgan fingerprint density at radius 3 is 2.71 bits per heavy atom. The fourth-order valence-corrected chi connectivity index (χ4v) is 3.66. The number of fused-ring (bicyclic) bond motifs is 1. The molecule has 2 aromatic heterocycles. The van der Waals surface area contributed by atoms with Crippen LogP contribution in [0.5, 0.6) is 5.75 Å². The van der Waals surface area contributed by atoms with Crippen LogP contribution in [0.2, 0.25) is 5.02 Å². The number of rotatable bonds is 6. The van der Waals surface area contributed by atoms with E-state index in [4.69, 9.17) is 16.3 Å². The monoisotopic (exact) mass is 442 g/mol. The third-order valence-corrected chi connectivity index (χ3v) is 5.33. The minimum atomic E-state index is -0.868. The van der Waals surface area contributed by atoms with Gasteiger partial charge in [0.1, 0.15) is 35.1 Å². The SMILES string of the molecule is CC(=O)C(c1ccc2[nH]ccc2c1)n1ccc(OCc2ccc(F)cc2F)c(Cl)c1=O. The first kappa shape index (κ1) is 20.8. The molecule has 0 saturated heterocycles. The number of halogens is 3. The molecule has 1 unspecified atom stereocenters. The summed E-state index contributed by atoms with van der Waals surface area (Å²) < 4.78 is 33.6. The third-order valence-electron chi connectivity index (χ3n) is 4.98. The summed E-state index contributed by atoms with van der Waals surface area (Å²) >= 11 is 6.22. The van der Waals surface area contributed by atoms with Gasteiger partial charge in [-0.3, -0.25) is 14.2 Å². The lowest BCUT2D eigenvalue weighted by molar-refractivity contribution is -0.119. The van der Waals surface area contributed by atoms with Crippen LogP contribution in [-0.4, -0.2) is 15.3 Å². The molecule has 2 heterocycles. The second kappa shape index (κ2) is 8.35. The van der Waals surface area contributed by atoms with E-state index in [1.165, 1.54) is 29.8 Å². The first-order valence-electron chi connectivity index (χ1n) is 9.40. The van der Waals surface area contributed by atoms with Crippen LogP contribution in [0.1, 0.15) is 24.1 Å². The smallest absolute Gasteiger partial charge is 0.274 e. The number of aromatic amines is 1. The number of nitrogens with one attached hydrogen (secondary N) is 1. The minimum Gasteiger partial charge on any atom is -0.487 e. The van der Waals surface area contributed by atoms with Crippen molar-refractivity contribution in [2.75, 3.05) is 0 Å². The highest BCUT2D eigenvalue weighted by Crippen LogP contribution is 2.27. The Bertz CT molecular complexity index is 1350. The van der Waals surface area contributed by atoms with E-state index in [2.05, 4.69) is 4.98 Å². The Labute approximate surface area is 180 Å². The number of hydrogen-bond acceptors (Lipinski definition) is 3. The van der Waals surface area contributed by atoms with Crippen molar-refractivity contribution < 1.29 is 18.3 Å². The molecule has 0 amide bonds. The van der Waals surface area contributed by atoms with E-state index >= 15 is 0 Å². The second-order valence-electron chi connectivity index (χ2n) is 7.07. The molecule has 31 heavy (non-hydrogen) atoms. The van der Waals surface area contributed by atoms with E-state index in [1.807, 2.05) is 18.2 Å². The highest BCUT2D eigenvalue weighted by Gasteiger charge is 2.23. The van der Waals surface area contributed by atoms with Crippen molar-refractivity contribution in [2.45, 2.75) is 19.6 Å². The second-order valence-corrected chi connectivity index (χ2v) is 7.45. The zero-order valence-electron chi connectivity index (χ0n) is 16.4. The zero-order valence-corrected chi connectivity index (χ0v) is 17.1. The predicted octanol–water partition coefficient (Wildman–Crippen LogP) is 5.02. The number of benzene rings is 2. The predicted molar refractivity (Wildman–Crippen MR) is 114 cm³/mol. The summed E-state index contributed by atoms with van der Waals surface area (Å²) in [6.07, 6.45) is 3.20. The molecular formula is C23H17ClF2N2O3. The Balaban J connectivity index is 1.66.